The SMILES string of the molecule is Cn1cnnc1-c1ccccc1NS(=O)(=O)CCCl. The lowest BCUT2D eigenvalue weighted by molar-refractivity contribution is 0.602. The molecule has 0 saturated heterocycles. The van der Waals surface area contributed by atoms with Crippen molar-refractivity contribution in [3.05, 3.63) is 30.6 Å². The van der Waals surface area contributed by atoms with Crippen molar-refractivity contribution in [2.75, 3.05) is 16.4 Å². The Hall–Kier alpha value is -1.60. The van der Waals surface area contributed by atoms with E-state index in [9.17, 15) is 8.42 Å². The molecule has 0 fully saturated rings. The van der Waals surface area contributed by atoms with Crippen LogP contribution < -0.4 is 4.72 Å². The summed E-state index contributed by atoms with van der Waals surface area (Å²) in [4.78, 5) is 0. The van der Waals surface area contributed by atoms with Crippen molar-refractivity contribution < 1.29 is 8.42 Å². The largest absolute Gasteiger partial charge is 0.317 e. The van der Waals surface area contributed by atoms with E-state index < -0.39 is 10.0 Å². The summed E-state index contributed by atoms with van der Waals surface area (Å²) in [6.07, 6.45) is 1.55. The zero-order valence-corrected chi connectivity index (χ0v) is 11.8. The number of aromatic nitrogens is 3. The summed E-state index contributed by atoms with van der Waals surface area (Å²) >= 11 is 5.47. The molecular formula is C11H13ClN4O2S. The maximum Gasteiger partial charge on any atom is 0.233 e. The van der Waals surface area contributed by atoms with Gasteiger partial charge in [0.05, 0.1) is 11.4 Å². The van der Waals surface area contributed by atoms with Gasteiger partial charge in [-0.1, -0.05) is 12.1 Å². The van der Waals surface area contributed by atoms with Crippen molar-refractivity contribution in [1.82, 2.24) is 14.8 Å². The molecule has 6 nitrogen and oxygen atoms in total. The second kappa shape index (κ2) is 5.58. The lowest BCUT2D eigenvalue weighted by Gasteiger charge is -2.11. The van der Waals surface area contributed by atoms with Crippen LogP contribution in [-0.4, -0.2) is 34.8 Å². The number of halogens is 1. The molecule has 102 valence electrons. The minimum atomic E-state index is -3.45. The van der Waals surface area contributed by atoms with E-state index in [2.05, 4.69) is 14.9 Å². The first-order valence-corrected chi connectivity index (χ1v) is 7.72. The first-order chi connectivity index (χ1) is 9.03. The van der Waals surface area contributed by atoms with Crippen LogP contribution in [0, 0.1) is 0 Å². The Morgan fingerprint density at radius 2 is 2.11 bits per heavy atom. The molecule has 1 aromatic heterocycles. The molecule has 0 aliphatic carbocycles. The Morgan fingerprint density at radius 1 is 1.37 bits per heavy atom. The first kappa shape index (κ1) is 13.8. The highest BCUT2D eigenvalue weighted by Gasteiger charge is 2.15. The fourth-order valence-corrected chi connectivity index (χ4v) is 3.04. The number of anilines is 1. The molecule has 0 aliphatic heterocycles. The van der Waals surface area contributed by atoms with Gasteiger partial charge in [0.15, 0.2) is 5.82 Å². The van der Waals surface area contributed by atoms with Gasteiger partial charge >= 0.3 is 0 Å². The van der Waals surface area contributed by atoms with Crippen LogP contribution in [0.15, 0.2) is 30.6 Å². The molecule has 0 aliphatic rings. The van der Waals surface area contributed by atoms with Crippen LogP contribution in [0.2, 0.25) is 0 Å². The first-order valence-electron chi connectivity index (χ1n) is 5.53. The number of hydrogen-bond donors (Lipinski definition) is 1. The zero-order valence-electron chi connectivity index (χ0n) is 10.2. The summed E-state index contributed by atoms with van der Waals surface area (Å²) in [5.41, 5.74) is 1.13. The number of sulfonamides is 1. The molecule has 0 unspecified atom stereocenters. The Labute approximate surface area is 116 Å². The van der Waals surface area contributed by atoms with Crippen molar-refractivity contribution in [1.29, 1.82) is 0 Å². The fourth-order valence-electron chi connectivity index (χ4n) is 1.61. The molecule has 0 atom stereocenters. The highest BCUT2D eigenvalue weighted by molar-refractivity contribution is 7.92. The summed E-state index contributed by atoms with van der Waals surface area (Å²) in [5.74, 6) is 0.493. The predicted molar refractivity (Wildman–Crippen MR) is 74.6 cm³/mol. The molecule has 1 aromatic carbocycles. The number of nitrogens with one attached hydrogen (secondary N) is 1. The third kappa shape index (κ3) is 3.24. The van der Waals surface area contributed by atoms with Crippen LogP contribution in [0.1, 0.15) is 0 Å². The van der Waals surface area contributed by atoms with Gasteiger partial charge in [0.2, 0.25) is 10.0 Å². The number of hydrogen-bond acceptors (Lipinski definition) is 4. The van der Waals surface area contributed by atoms with Crippen LogP contribution in [-0.2, 0) is 17.1 Å². The van der Waals surface area contributed by atoms with Gasteiger partial charge in [-0.3, -0.25) is 4.72 Å². The predicted octanol–water partition coefficient (Wildman–Crippen LogP) is 1.46. The lowest BCUT2D eigenvalue weighted by atomic mass is 10.2. The van der Waals surface area contributed by atoms with E-state index in [1.165, 1.54) is 0 Å². The average molecular weight is 301 g/mol. The minimum absolute atomic E-state index is 0.0431. The van der Waals surface area contributed by atoms with Gasteiger partial charge in [-0.15, -0.1) is 21.8 Å². The van der Waals surface area contributed by atoms with Crippen LogP contribution in [0.5, 0.6) is 0 Å². The van der Waals surface area contributed by atoms with Crippen LogP contribution in [0.4, 0.5) is 5.69 Å². The lowest BCUT2D eigenvalue weighted by Crippen LogP contribution is -2.18. The molecule has 2 rings (SSSR count). The fraction of sp³-hybridized carbons (Fsp3) is 0.273. The molecule has 0 radical (unpaired) electrons. The minimum Gasteiger partial charge on any atom is -0.317 e. The highest BCUT2D eigenvalue weighted by Crippen LogP contribution is 2.26. The second-order valence-corrected chi connectivity index (χ2v) is 6.14. The van der Waals surface area contributed by atoms with Crippen molar-refractivity contribution in [3.8, 4) is 11.4 Å². The monoisotopic (exact) mass is 300 g/mol. The quantitative estimate of drug-likeness (QED) is 0.848. The van der Waals surface area contributed by atoms with Gasteiger partial charge in [-0.25, -0.2) is 8.42 Å². The van der Waals surface area contributed by atoms with E-state index in [1.807, 2.05) is 6.07 Å². The number of nitrogens with zero attached hydrogens (tertiary/aromatic N) is 3. The van der Waals surface area contributed by atoms with Gasteiger partial charge in [-0.2, -0.15) is 0 Å². The van der Waals surface area contributed by atoms with E-state index >= 15 is 0 Å². The Balaban J connectivity index is 2.41. The third-order valence-electron chi connectivity index (χ3n) is 2.49. The molecule has 0 bridgehead atoms. The van der Waals surface area contributed by atoms with Gasteiger partial charge in [0.25, 0.3) is 0 Å². The number of rotatable bonds is 5. The smallest absolute Gasteiger partial charge is 0.233 e. The maximum atomic E-state index is 11.8. The molecule has 2 aromatic rings. The molecule has 0 spiro atoms. The molecule has 1 N–H and O–H groups in total. The molecule has 1 heterocycles. The van der Waals surface area contributed by atoms with Gasteiger partial charge in [0.1, 0.15) is 6.33 Å². The van der Waals surface area contributed by atoms with Gasteiger partial charge in [0, 0.05) is 18.5 Å². The third-order valence-corrected chi connectivity index (χ3v) is 4.18. The van der Waals surface area contributed by atoms with Crippen molar-refractivity contribution in [2.24, 2.45) is 7.05 Å². The van der Waals surface area contributed by atoms with E-state index in [0.717, 1.165) is 0 Å². The van der Waals surface area contributed by atoms with Gasteiger partial charge in [-0.05, 0) is 12.1 Å². The maximum absolute atomic E-state index is 11.8. The molecule has 0 amide bonds. The number of para-hydroxylation sites is 1. The van der Waals surface area contributed by atoms with Crippen molar-refractivity contribution in [2.45, 2.75) is 0 Å². The molecule has 8 heteroatoms. The average Bonchev–Trinajstić information content (AvgIpc) is 2.75. The Morgan fingerprint density at radius 3 is 2.74 bits per heavy atom. The number of aryl methyl sites for hydroxylation is 1. The van der Waals surface area contributed by atoms with E-state index in [4.69, 9.17) is 11.6 Å². The van der Waals surface area contributed by atoms with E-state index in [-0.39, 0.29) is 11.6 Å². The zero-order chi connectivity index (χ0) is 13.9. The van der Waals surface area contributed by atoms with Crippen molar-refractivity contribution in [3.63, 3.8) is 0 Å². The van der Waals surface area contributed by atoms with E-state index in [1.54, 1.807) is 36.1 Å². The van der Waals surface area contributed by atoms with Crippen LogP contribution in [0.25, 0.3) is 11.4 Å². The number of benzene rings is 1. The van der Waals surface area contributed by atoms with Crippen LogP contribution in [0.3, 0.4) is 0 Å². The summed E-state index contributed by atoms with van der Waals surface area (Å²) in [5, 5.41) is 7.76. The number of alkyl halides is 1. The van der Waals surface area contributed by atoms with Crippen molar-refractivity contribution >= 4 is 27.3 Å². The summed E-state index contributed by atoms with van der Waals surface area (Å²) in [7, 11) is -1.66. The Kier molecular flexibility index (Phi) is 4.06. The summed E-state index contributed by atoms with van der Waals surface area (Å²) < 4.78 is 27.8. The van der Waals surface area contributed by atoms with Crippen LogP contribution >= 0.6 is 11.6 Å². The molecule has 19 heavy (non-hydrogen) atoms. The topological polar surface area (TPSA) is 76.9 Å². The second-order valence-electron chi connectivity index (χ2n) is 3.92. The summed E-state index contributed by atoms with van der Waals surface area (Å²) in [6, 6.07) is 7.01. The summed E-state index contributed by atoms with van der Waals surface area (Å²) in [6.45, 7) is 0. The molecule has 0 saturated carbocycles. The Bertz CT molecular complexity index is 669. The standard InChI is InChI=1S/C11H13ClN4O2S/c1-16-8-13-14-11(16)9-4-2-3-5-10(9)15-19(17,18)7-6-12/h2-5,8,15H,6-7H2,1H3. The van der Waals surface area contributed by atoms with Gasteiger partial charge < -0.3 is 4.57 Å². The van der Waals surface area contributed by atoms with E-state index in [0.29, 0.717) is 17.1 Å². The normalized spacial score (nSPS) is 11.5. The highest BCUT2D eigenvalue weighted by atomic mass is 35.5. The molecular weight excluding hydrogens is 288 g/mol.